The minimum absolute atomic E-state index is 0.0831. The van der Waals surface area contributed by atoms with Crippen LogP contribution in [-0.2, 0) is 4.79 Å². The van der Waals surface area contributed by atoms with E-state index in [0.717, 1.165) is 0 Å². The molecule has 1 aromatic rings. The molecule has 2 rings (SSSR count). The number of carbonyl (C=O) groups excluding carboxylic acids is 1. The fraction of sp³-hybridized carbons (Fsp3) is 0.429. The number of para-hydroxylation sites is 1. The molecule has 6 heteroatoms. The highest BCUT2D eigenvalue weighted by Gasteiger charge is 2.30. The molecule has 6 nitrogen and oxygen atoms in total. The Hall–Kier alpha value is -2.24. The van der Waals surface area contributed by atoms with Gasteiger partial charge in [-0.05, 0) is 25.5 Å². The summed E-state index contributed by atoms with van der Waals surface area (Å²) < 4.78 is 10.5. The van der Waals surface area contributed by atoms with Crippen molar-refractivity contribution in [3.8, 4) is 11.5 Å². The average molecular weight is 279 g/mol. The van der Waals surface area contributed by atoms with Crippen molar-refractivity contribution in [1.82, 2.24) is 5.32 Å². The molecule has 1 atom stereocenters. The minimum atomic E-state index is -0.951. The Kier molecular flexibility index (Phi) is 3.83. The van der Waals surface area contributed by atoms with E-state index in [2.05, 4.69) is 5.32 Å². The second kappa shape index (κ2) is 5.40. The molecule has 0 saturated carbocycles. The van der Waals surface area contributed by atoms with Crippen molar-refractivity contribution in [2.75, 3.05) is 6.79 Å². The zero-order chi connectivity index (χ0) is 14.8. The molecular formula is C14H17NO5. The second-order valence-corrected chi connectivity index (χ2v) is 4.98. The van der Waals surface area contributed by atoms with Gasteiger partial charge in [-0.3, -0.25) is 9.59 Å². The molecular weight excluding hydrogens is 262 g/mol. The van der Waals surface area contributed by atoms with E-state index in [9.17, 15) is 9.59 Å². The van der Waals surface area contributed by atoms with E-state index >= 15 is 0 Å². The van der Waals surface area contributed by atoms with Gasteiger partial charge in [0.1, 0.15) is 0 Å². The largest absolute Gasteiger partial charge is 0.481 e. The predicted octanol–water partition coefficient (Wildman–Crippen LogP) is 1.79. The summed E-state index contributed by atoms with van der Waals surface area (Å²) in [4.78, 5) is 23.2. The van der Waals surface area contributed by atoms with Crippen molar-refractivity contribution in [3.05, 3.63) is 23.8 Å². The molecule has 0 radical (unpaired) electrons. The van der Waals surface area contributed by atoms with Crippen LogP contribution < -0.4 is 14.8 Å². The molecule has 0 saturated heterocycles. The lowest BCUT2D eigenvalue weighted by atomic mass is 9.94. The fourth-order valence-corrected chi connectivity index (χ4v) is 2.04. The topological polar surface area (TPSA) is 84.9 Å². The third-order valence-corrected chi connectivity index (χ3v) is 3.38. The van der Waals surface area contributed by atoms with Gasteiger partial charge in [0.25, 0.3) is 5.91 Å². The normalized spacial score (nSPS) is 15.5. The molecule has 0 bridgehead atoms. The maximum absolute atomic E-state index is 12.3. The van der Waals surface area contributed by atoms with E-state index in [4.69, 9.17) is 14.6 Å². The van der Waals surface area contributed by atoms with E-state index < -0.39 is 11.5 Å². The number of ether oxygens (including phenoxy) is 2. The van der Waals surface area contributed by atoms with Crippen LogP contribution in [0.4, 0.5) is 0 Å². The number of hydrogen-bond donors (Lipinski definition) is 2. The number of carboxylic acids is 1. The number of carbonyl (C=O) groups is 2. The number of carboxylic acid groups (broad SMARTS) is 1. The first kappa shape index (κ1) is 14.2. The quantitative estimate of drug-likeness (QED) is 0.858. The third kappa shape index (κ3) is 2.84. The predicted molar refractivity (Wildman–Crippen MR) is 71.0 cm³/mol. The van der Waals surface area contributed by atoms with Gasteiger partial charge in [0, 0.05) is 5.54 Å². The van der Waals surface area contributed by atoms with E-state index in [1.54, 1.807) is 25.1 Å². The number of fused-ring (bicyclic) bond motifs is 1. The first-order valence-electron chi connectivity index (χ1n) is 6.38. The summed E-state index contributed by atoms with van der Waals surface area (Å²) in [6.07, 6.45) is 0.374. The van der Waals surface area contributed by atoms with Crippen LogP contribution in [0.25, 0.3) is 0 Å². The third-order valence-electron chi connectivity index (χ3n) is 3.38. The first-order valence-corrected chi connectivity index (χ1v) is 6.38. The fourth-order valence-electron chi connectivity index (χ4n) is 2.04. The summed E-state index contributed by atoms with van der Waals surface area (Å²) in [6, 6.07) is 5.04. The van der Waals surface area contributed by atoms with E-state index in [-0.39, 0.29) is 19.1 Å². The van der Waals surface area contributed by atoms with Gasteiger partial charge in [0.15, 0.2) is 11.5 Å². The van der Waals surface area contributed by atoms with Crippen LogP contribution in [0.5, 0.6) is 11.5 Å². The Morgan fingerprint density at radius 2 is 2.15 bits per heavy atom. The van der Waals surface area contributed by atoms with Gasteiger partial charge in [0.05, 0.1) is 12.0 Å². The van der Waals surface area contributed by atoms with Gasteiger partial charge in [-0.1, -0.05) is 13.0 Å². The maximum atomic E-state index is 12.3. The second-order valence-electron chi connectivity index (χ2n) is 4.98. The van der Waals surface area contributed by atoms with Crippen molar-refractivity contribution in [1.29, 1.82) is 0 Å². The molecule has 0 fully saturated rings. The summed E-state index contributed by atoms with van der Waals surface area (Å²) in [5.74, 6) is -0.390. The van der Waals surface area contributed by atoms with Gasteiger partial charge >= 0.3 is 5.97 Å². The molecule has 0 aliphatic carbocycles. The molecule has 0 spiro atoms. The van der Waals surface area contributed by atoms with Crippen LogP contribution >= 0.6 is 0 Å². The lowest BCUT2D eigenvalue weighted by Crippen LogP contribution is -2.47. The van der Waals surface area contributed by atoms with Crippen molar-refractivity contribution in [3.63, 3.8) is 0 Å². The summed E-state index contributed by atoms with van der Waals surface area (Å²) in [6.45, 7) is 3.62. The van der Waals surface area contributed by atoms with Crippen molar-refractivity contribution in [2.45, 2.75) is 32.2 Å². The molecule has 0 aromatic heterocycles. The molecule has 2 N–H and O–H groups in total. The number of benzene rings is 1. The van der Waals surface area contributed by atoms with Crippen LogP contribution in [0.15, 0.2) is 18.2 Å². The first-order chi connectivity index (χ1) is 9.45. The Morgan fingerprint density at radius 3 is 2.80 bits per heavy atom. The number of rotatable bonds is 5. The molecule has 1 aliphatic heterocycles. The zero-order valence-corrected chi connectivity index (χ0v) is 11.4. The molecule has 1 heterocycles. The van der Waals surface area contributed by atoms with Crippen LogP contribution in [0, 0.1) is 0 Å². The smallest absolute Gasteiger partial charge is 0.305 e. The van der Waals surface area contributed by atoms with E-state index in [1.165, 1.54) is 0 Å². The monoisotopic (exact) mass is 279 g/mol. The highest BCUT2D eigenvalue weighted by Crippen LogP contribution is 2.35. The van der Waals surface area contributed by atoms with Crippen LogP contribution in [0.1, 0.15) is 37.0 Å². The number of hydrogen-bond acceptors (Lipinski definition) is 4. The van der Waals surface area contributed by atoms with Gasteiger partial charge < -0.3 is 19.9 Å². The summed E-state index contributed by atoms with van der Waals surface area (Å²) >= 11 is 0. The summed E-state index contributed by atoms with van der Waals surface area (Å²) in [7, 11) is 0. The van der Waals surface area contributed by atoms with Crippen molar-refractivity contribution in [2.24, 2.45) is 0 Å². The van der Waals surface area contributed by atoms with Gasteiger partial charge in [-0.2, -0.15) is 0 Å². The van der Waals surface area contributed by atoms with Crippen LogP contribution in [-0.4, -0.2) is 29.3 Å². The lowest BCUT2D eigenvalue weighted by Gasteiger charge is -2.28. The molecule has 20 heavy (non-hydrogen) atoms. The summed E-state index contributed by atoms with van der Waals surface area (Å²) in [5, 5.41) is 11.7. The maximum Gasteiger partial charge on any atom is 0.305 e. The van der Waals surface area contributed by atoms with Gasteiger partial charge in [0.2, 0.25) is 6.79 Å². The number of aliphatic carboxylic acids is 1. The molecule has 1 unspecified atom stereocenters. The summed E-state index contributed by atoms with van der Waals surface area (Å²) in [5.41, 5.74) is -0.449. The van der Waals surface area contributed by atoms with Gasteiger partial charge in [-0.15, -0.1) is 0 Å². The number of nitrogens with one attached hydrogen (secondary N) is 1. The lowest BCUT2D eigenvalue weighted by molar-refractivity contribution is -0.138. The van der Waals surface area contributed by atoms with E-state index in [1.807, 2.05) is 6.92 Å². The molecule has 1 amide bonds. The highest BCUT2D eigenvalue weighted by atomic mass is 16.7. The average Bonchev–Trinajstić information content (AvgIpc) is 2.85. The zero-order valence-electron chi connectivity index (χ0n) is 11.4. The van der Waals surface area contributed by atoms with Gasteiger partial charge in [-0.25, -0.2) is 0 Å². The van der Waals surface area contributed by atoms with E-state index in [0.29, 0.717) is 23.5 Å². The SMILES string of the molecule is CCC(C)(CC(=O)O)NC(=O)c1cccc2c1OCO2. The Morgan fingerprint density at radius 1 is 1.40 bits per heavy atom. The van der Waals surface area contributed by atoms with Crippen molar-refractivity contribution >= 4 is 11.9 Å². The Labute approximate surface area is 116 Å². The van der Waals surface area contributed by atoms with Crippen LogP contribution in [0.2, 0.25) is 0 Å². The van der Waals surface area contributed by atoms with Crippen molar-refractivity contribution < 1.29 is 24.2 Å². The standard InChI is InChI=1S/C14H17NO5/c1-3-14(2,7-11(16)17)15-13(18)9-5-4-6-10-12(9)20-8-19-10/h4-6H,3,7-8H2,1-2H3,(H,15,18)(H,16,17). The molecule has 108 valence electrons. The number of amides is 1. The molecule has 1 aromatic carbocycles. The highest BCUT2D eigenvalue weighted by molar-refractivity contribution is 5.98. The van der Waals surface area contributed by atoms with Crippen LogP contribution in [0.3, 0.4) is 0 Å². The minimum Gasteiger partial charge on any atom is -0.481 e. The molecule has 1 aliphatic rings. The Bertz CT molecular complexity index is 542. The Balaban J connectivity index is 2.20.